The number of carbonyl (C=O) groups excluding carboxylic acids is 2. The van der Waals surface area contributed by atoms with Crippen molar-refractivity contribution in [1.29, 1.82) is 0 Å². The van der Waals surface area contributed by atoms with E-state index in [1.807, 2.05) is 0 Å². The van der Waals surface area contributed by atoms with E-state index in [1.54, 1.807) is 0 Å². The van der Waals surface area contributed by atoms with E-state index in [9.17, 15) is 40.3 Å². The summed E-state index contributed by atoms with van der Waals surface area (Å²) >= 11 is 0. The monoisotopic (exact) mass is 354 g/mol. The summed E-state index contributed by atoms with van der Waals surface area (Å²) in [4.78, 5) is 22.0. The molecule has 0 aliphatic carbocycles. The normalized spacial score (nSPS) is 14.1. The minimum absolute atomic E-state index is 0.0637. The fourth-order valence-electron chi connectivity index (χ4n) is 1.08. The molecule has 1 unspecified atom stereocenters. The van der Waals surface area contributed by atoms with Gasteiger partial charge in [-0.2, -0.15) is 30.7 Å². The lowest BCUT2D eigenvalue weighted by atomic mass is 10.1. The number of esters is 2. The lowest BCUT2D eigenvalue weighted by molar-refractivity contribution is -0.292. The Bertz CT molecular complexity index is 465. The topological polar surface area (TPSA) is 52.6 Å². The second kappa shape index (κ2) is 7.18. The van der Waals surface area contributed by atoms with Gasteiger partial charge in [-0.1, -0.05) is 6.58 Å². The van der Waals surface area contributed by atoms with Gasteiger partial charge in [0.05, 0.1) is 6.42 Å². The standard InChI is InChI=1S/C12H13F7O4/c1-6(2)8(20)22-5-7(23-9(21)10(3,13)14)4-11(15,16)12(17,18)19/h7H,1,4-5H2,2-3H3. The lowest BCUT2D eigenvalue weighted by Crippen LogP contribution is -2.43. The van der Waals surface area contributed by atoms with Gasteiger partial charge in [-0.05, 0) is 6.92 Å². The van der Waals surface area contributed by atoms with Gasteiger partial charge in [-0.15, -0.1) is 0 Å². The molecule has 0 heterocycles. The first-order valence-electron chi connectivity index (χ1n) is 5.94. The molecule has 0 aromatic carbocycles. The van der Waals surface area contributed by atoms with Crippen molar-refractivity contribution in [2.75, 3.05) is 6.61 Å². The fourth-order valence-corrected chi connectivity index (χ4v) is 1.08. The largest absolute Gasteiger partial charge is 0.458 e. The highest BCUT2D eigenvalue weighted by molar-refractivity contribution is 5.86. The molecular weight excluding hydrogens is 341 g/mol. The van der Waals surface area contributed by atoms with Crippen molar-refractivity contribution in [3.05, 3.63) is 12.2 Å². The molecule has 1 atom stereocenters. The van der Waals surface area contributed by atoms with Crippen molar-refractivity contribution < 1.29 is 49.8 Å². The van der Waals surface area contributed by atoms with E-state index in [1.165, 1.54) is 0 Å². The zero-order valence-electron chi connectivity index (χ0n) is 12.0. The Labute approximate surface area is 126 Å². The third-order valence-corrected chi connectivity index (χ3v) is 2.28. The third-order valence-electron chi connectivity index (χ3n) is 2.28. The molecule has 0 radical (unpaired) electrons. The highest BCUT2D eigenvalue weighted by atomic mass is 19.4. The zero-order valence-corrected chi connectivity index (χ0v) is 12.0. The molecule has 134 valence electrons. The van der Waals surface area contributed by atoms with Gasteiger partial charge >= 0.3 is 30.0 Å². The second-order valence-corrected chi connectivity index (χ2v) is 4.70. The fraction of sp³-hybridized carbons (Fsp3) is 0.667. The molecule has 0 spiro atoms. The number of alkyl halides is 7. The predicted molar refractivity (Wildman–Crippen MR) is 61.9 cm³/mol. The summed E-state index contributed by atoms with van der Waals surface area (Å²) in [6.45, 7) is 3.06. The van der Waals surface area contributed by atoms with Crippen molar-refractivity contribution in [2.45, 2.75) is 44.4 Å². The van der Waals surface area contributed by atoms with Gasteiger partial charge in [0.15, 0.2) is 0 Å². The molecule has 0 aromatic heterocycles. The molecule has 0 rings (SSSR count). The van der Waals surface area contributed by atoms with Gasteiger partial charge in [0.2, 0.25) is 0 Å². The second-order valence-electron chi connectivity index (χ2n) is 4.70. The quantitative estimate of drug-likeness (QED) is 0.400. The van der Waals surface area contributed by atoms with E-state index in [2.05, 4.69) is 16.1 Å². The summed E-state index contributed by atoms with van der Waals surface area (Å²) in [6, 6.07) is 0. The van der Waals surface area contributed by atoms with Crippen LogP contribution in [0.5, 0.6) is 0 Å². The number of halogens is 7. The Balaban J connectivity index is 5.11. The van der Waals surface area contributed by atoms with Crippen molar-refractivity contribution in [1.82, 2.24) is 0 Å². The van der Waals surface area contributed by atoms with Crippen LogP contribution < -0.4 is 0 Å². The van der Waals surface area contributed by atoms with Gasteiger partial charge < -0.3 is 9.47 Å². The van der Waals surface area contributed by atoms with E-state index in [0.717, 1.165) is 6.92 Å². The summed E-state index contributed by atoms with van der Waals surface area (Å²) in [5, 5.41) is 0. The molecule has 11 heteroatoms. The maximum atomic E-state index is 12.9. The van der Waals surface area contributed by atoms with Crippen LogP contribution in [-0.4, -0.2) is 42.7 Å². The third kappa shape index (κ3) is 6.87. The van der Waals surface area contributed by atoms with Gasteiger partial charge in [0, 0.05) is 12.5 Å². The highest BCUT2D eigenvalue weighted by Crippen LogP contribution is 2.39. The van der Waals surface area contributed by atoms with Crippen molar-refractivity contribution in [3.8, 4) is 0 Å². The molecular formula is C12H13F7O4. The Kier molecular flexibility index (Phi) is 6.61. The minimum Gasteiger partial charge on any atom is -0.458 e. The van der Waals surface area contributed by atoms with Crippen LogP contribution in [0.15, 0.2) is 12.2 Å². The van der Waals surface area contributed by atoms with Crippen LogP contribution in [0.3, 0.4) is 0 Å². The van der Waals surface area contributed by atoms with Crippen molar-refractivity contribution in [2.24, 2.45) is 0 Å². The lowest BCUT2D eigenvalue weighted by Gasteiger charge is -2.25. The number of hydrogen-bond donors (Lipinski definition) is 0. The maximum absolute atomic E-state index is 12.9. The SMILES string of the molecule is C=C(C)C(=O)OCC(CC(F)(F)C(F)(F)F)OC(=O)C(C)(F)F. The Morgan fingerprint density at radius 3 is 1.91 bits per heavy atom. The highest BCUT2D eigenvalue weighted by Gasteiger charge is 2.59. The van der Waals surface area contributed by atoms with Crippen LogP contribution in [0.25, 0.3) is 0 Å². The minimum atomic E-state index is -6.00. The van der Waals surface area contributed by atoms with Crippen LogP contribution >= 0.6 is 0 Å². The van der Waals surface area contributed by atoms with Crippen molar-refractivity contribution in [3.63, 3.8) is 0 Å². The molecule has 0 saturated carbocycles. The maximum Gasteiger partial charge on any atom is 0.453 e. The zero-order chi connectivity index (χ0) is 18.6. The molecule has 0 aromatic rings. The first-order chi connectivity index (χ1) is 10.1. The van der Waals surface area contributed by atoms with Gasteiger partial charge in [0.1, 0.15) is 12.7 Å². The number of carbonyl (C=O) groups is 2. The van der Waals surface area contributed by atoms with E-state index >= 15 is 0 Å². The van der Waals surface area contributed by atoms with E-state index < -0.39 is 49.1 Å². The molecule has 0 aliphatic rings. The summed E-state index contributed by atoms with van der Waals surface area (Å²) in [7, 11) is 0. The molecule has 0 fully saturated rings. The molecule has 0 saturated heterocycles. The Morgan fingerprint density at radius 2 is 1.57 bits per heavy atom. The Morgan fingerprint density at radius 1 is 1.09 bits per heavy atom. The number of rotatable bonds is 7. The summed E-state index contributed by atoms with van der Waals surface area (Å²) in [6.07, 6.45) is -10.6. The van der Waals surface area contributed by atoms with Crippen LogP contribution in [0, 0.1) is 0 Å². The average Bonchev–Trinajstić information content (AvgIpc) is 2.32. The predicted octanol–water partition coefficient (Wildman–Crippen LogP) is 3.26. The first-order valence-corrected chi connectivity index (χ1v) is 5.94. The van der Waals surface area contributed by atoms with Crippen LogP contribution in [0.2, 0.25) is 0 Å². The smallest absolute Gasteiger partial charge is 0.453 e. The van der Waals surface area contributed by atoms with E-state index in [4.69, 9.17) is 0 Å². The average molecular weight is 354 g/mol. The van der Waals surface area contributed by atoms with E-state index in [0.29, 0.717) is 0 Å². The van der Waals surface area contributed by atoms with Gasteiger partial charge in [0.25, 0.3) is 0 Å². The van der Waals surface area contributed by atoms with Crippen LogP contribution in [0.1, 0.15) is 20.3 Å². The molecule has 0 amide bonds. The van der Waals surface area contributed by atoms with Crippen molar-refractivity contribution >= 4 is 11.9 Å². The summed E-state index contributed by atoms with van der Waals surface area (Å²) < 4.78 is 95.8. The molecule has 0 bridgehead atoms. The molecule has 0 N–H and O–H groups in total. The van der Waals surface area contributed by atoms with E-state index in [-0.39, 0.29) is 12.5 Å². The van der Waals surface area contributed by atoms with Crippen LogP contribution in [0.4, 0.5) is 30.7 Å². The molecule has 0 aliphatic heterocycles. The molecule has 23 heavy (non-hydrogen) atoms. The van der Waals surface area contributed by atoms with Gasteiger partial charge in [-0.3, -0.25) is 0 Å². The first kappa shape index (κ1) is 21.2. The summed E-state index contributed by atoms with van der Waals surface area (Å²) in [5.74, 6) is -13.0. The summed E-state index contributed by atoms with van der Waals surface area (Å²) in [5.41, 5.74) is -0.224. The Hall–Kier alpha value is -1.81. The number of hydrogen-bond acceptors (Lipinski definition) is 4. The van der Waals surface area contributed by atoms with Crippen LogP contribution in [-0.2, 0) is 19.1 Å². The van der Waals surface area contributed by atoms with Gasteiger partial charge in [-0.25, -0.2) is 9.59 Å². The number of ether oxygens (including phenoxy) is 2. The molecule has 4 nitrogen and oxygen atoms in total.